The Kier molecular flexibility index (Phi) is 3.23. The van der Waals surface area contributed by atoms with Crippen LogP contribution in [0.25, 0.3) is 0 Å². The predicted molar refractivity (Wildman–Crippen MR) is 54.4 cm³/mol. The first-order valence-electron chi connectivity index (χ1n) is 5.43. The van der Waals surface area contributed by atoms with Gasteiger partial charge in [-0.1, -0.05) is 0 Å². The Labute approximate surface area is 89.2 Å². The van der Waals surface area contributed by atoms with E-state index in [1.165, 1.54) is 0 Å². The number of rotatable bonds is 3. The minimum absolute atomic E-state index is 0.0338. The van der Waals surface area contributed by atoms with E-state index in [0.717, 1.165) is 13.0 Å². The van der Waals surface area contributed by atoms with Gasteiger partial charge in [0.1, 0.15) is 0 Å². The number of ether oxygens (including phenoxy) is 1. The first-order valence-corrected chi connectivity index (χ1v) is 5.43. The lowest BCUT2D eigenvalue weighted by Crippen LogP contribution is -2.51. The van der Waals surface area contributed by atoms with Gasteiger partial charge in [0.05, 0.1) is 18.2 Å². The fraction of sp³-hybridized carbons (Fsp3) is 0.900. The third-order valence-electron chi connectivity index (χ3n) is 3.20. The summed E-state index contributed by atoms with van der Waals surface area (Å²) in [6, 6.07) is 0.0311. The van der Waals surface area contributed by atoms with Crippen LogP contribution in [0, 0.1) is 0 Å². The summed E-state index contributed by atoms with van der Waals surface area (Å²) < 4.78 is 5.17. The Hall–Kier alpha value is -0.650. The normalized spacial score (nSPS) is 39.9. The largest absolute Gasteiger partial charge is 0.393 e. The van der Waals surface area contributed by atoms with Gasteiger partial charge in [-0.15, -0.1) is 0 Å². The van der Waals surface area contributed by atoms with Gasteiger partial charge < -0.3 is 20.5 Å². The van der Waals surface area contributed by atoms with Crippen molar-refractivity contribution in [3.8, 4) is 0 Å². The van der Waals surface area contributed by atoms with Crippen molar-refractivity contribution < 1.29 is 14.6 Å². The standard InChI is InChI=1S/C10H18N2O3/c1-15-8-4-9(11-5-8)10(14)12-6-2-7(13)3-6/h6-9,11,13H,2-5H2,1H3,(H,12,14). The van der Waals surface area contributed by atoms with Gasteiger partial charge in [-0.25, -0.2) is 0 Å². The monoisotopic (exact) mass is 214 g/mol. The summed E-state index contributed by atoms with van der Waals surface area (Å²) in [6.45, 7) is 0.738. The van der Waals surface area contributed by atoms with Gasteiger partial charge in [-0.05, 0) is 19.3 Å². The average Bonchev–Trinajstić information content (AvgIpc) is 2.63. The van der Waals surface area contributed by atoms with Crippen LogP contribution in [0.2, 0.25) is 0 Å². The molecule has 0 spiro atoms. The Morgan fingerprint density at radius 3 is 2.73 bits per heavy atom. The molecule has 1 amide bonds. The van der Waals surface area contributed by atoms with E-state index in [2.05, 4.69) is 10.6 Å². The molecule has 1 aliphatic heterocycles. The molecule has 1 saturated carbocycles. The number of carbonyl (C=O) groups excluding carboxylic acids is 1. The molecule has 2 unspecified atom stereocenters. The number of amides is 1. The highest BCUT2D eigenvalue weighted by Gasteiger charge is 2.33. The highest BCUT2D eigenvalue weighted by atomic mass is 16.5. The molecule has 1 saturated heterocycles. The van der Waals surface area contributed by atoms with E-state index in [-0.39, 0.29) is 30.2 Å². The maximum Gasteiger partial charge on any atom is 0.237 e. The Morgan fingerprint density at radius 1 is 1.47 bits per heavy atom. The van der Waals surface area contributed by atoms with E-state index >= 15 is 0 Å². The molecule has 2 fully saturated rings. The molecule has 5 heteroatoms. The maximum absolute atomic E-state index is 11.7. The number of nitrogens with one attached hydrogen (secondary N) is 2. The van der Waals surface area contributed by atoms with Crippen molar-refractivity contribution in [3.63, 3.8) is 0 Å². The molecular weight excluding hydrogens is 196 g/mol. The maximum atomic E-state index is 11.7. The molecule has 5 nitrogen and oxygen atoms in total. The highest BCUT2D eigenvalue weighted by Crippen LogP contribution is 2.20. The quantitative estimate of drug-likeness (QED) is 0.564. The number of methoxy groups -OCH3 is 1. The Bertz CT molecular complexity index is 241. The third kappa shape index (κ3) is 2.48. The second-order valence-electron chi connectivity index (χ2n) is 4.38. The number of aliphatic hydroxyl groups excluding tert-OH is 1. The summed E-state index contributed by atoms with van der Waals surface area (Å²) in [5.74, 6) is 0.0338. The van der Waals surface area contributed by atoms with Gasteiger partial charge in [0.25, 0.3) is 0 Å². The van der Waals surface area contributed by atoms with Gasteiger partial charge in [0.2, 0.25) is 5.91 Å². The van der Waals surface area contributed by atoms with Crippen molar-refractivity contribution in [2.24, 2.45) is 0 Å². The molecule has 0 aromatic heterocycles. The van der Waals surface area contributed by atoms with Gasteiger partial charge in [0, 0.05) is 19.7 Å². The molecule has 2 rings (SSSR count). The van der Waals surface area contributed by atoms with Gasteiger partial charge in [0.15, 0.2) is 0 Å². The van der Waals surface area contributed by atoms with Crippen molar-refractivity contribution in [2.75, 3.05) is 13.7 Å². The molecule has 0 aromatic carbocycles. The topological polar surface area (TPSA) is 70.6 Å². The van der Waals surface area contributed by atoms with Crippen molar-refractivity contribution in [2.45, 2.75) is 43.6 Å². The van der Waals surface area contributed by atoms with Crippen LogP contribution in [-0.2, 0) is 9.53 Å². The van der Waals surface area contributed by atoms with E-state index < -0.39 is 0 Å². The summed E-state index contributed by atoms with van der Waals surface area (Å²) in [6.07, 6.45) is 2.03. The Balaban J connectivity index is 1.72. The molecule has 3 N–H and O–H groups in total. The number of aliphatic hydroxyl groups is 1. The lowest BCUT2D eigenvalue weighted by Gasteiger charge is -2.32. The minimum atomic E-state index is -0.224. The van der Waals surface area contributed by atoms with Crippen LogP contribution in [0.4, 0.5) is 0 Å². The van der Waals surface area contributed by atoms with Crippen LogP contribution in [0.5, 0.6) is 0 Å². The van der Waals surface area contributed by atoms with Gasteiger partial charge in [-0.3, -0.25) is 4.79 Å². The molecule has 15 heavy (non-hydrogen) atoms. The summed E-state index contributed by atoms with van der Waals surface area (Å²) >= 11 is 0. The fourth-order valence-electron chi connectivity index (χ4n) is 2.09. The number of hydrogen-bond donors (Lipinski definition) is 3. The first kappa shape index (κ1) is 10.9. The zero-order valence-electron chi connectivity index (χ0n) is 8.90. The van der Waals surface area contributed by atoms with Crippen LogP contribution >= 0.6 is 0 Å². The second-order valence-corrected chi connectivity index (χ2v) is 4.38. The van der Waals surface area contributed by atoms with Gasteiger partial charge in [-0.2, -0.15) is 0 Å². The van der Waals surface area contributed by atoms with Crippen LogP contribution in [-0.4, -0.2) is 49.0 Å². The van der Waals surface area contributed by atoms with Gasteiger partial charge >= 0.3 is 0 Å². The highest BCUT2D eigenvalue weighted by molar-refractivity contribution is 5.82. The van der Waals surface area contributed by atoms with Crippen LogP contribution in [0.3, 0.4) is 0 Å². The van der Waals surface area contributed by atoms with E-state index in [9.17, 15) is 4.79 Å². The molecule has 0 aromatic rings. The Morgan fingerprint density at radius 2 is 2.20 bits per heavy atom. The molecule has 0 bridgehead atoms. The predicted octanol–water partition coefficient (Wildman–Crippen LogP) is -0.997. The van der Waals surface area contributed by atoms with E-state index in [4.69, 9.17) is 9.84 Å². The number of hydrogen-bond acceptors (Lipinski definition) is 4. The summed E-state index contributed by atoms with van der Waals surface area (Å²) in [5.41, 5.74) is 0. The fourth-order valence-corrected chi connectivity index (χ4v) is 2.09. The molecule has 1 heterocycles. The smallest absolute Gasteiger partial charge is 0.237 e. The summed E-state index contributed by atoms with van der Waals surface area (Å²) in [5, 5.41) is 15.1. The molecule has 2 atom stereocenters. The molecule has 0 radical (unpaired) electrons. The van der Waals surface area contributed by atoms with E-state index in [0.29, 0.717) is 12.8 Å². The van der Waals surface area contributed by atoms with E-state index in [1.807, 2.05) is 0 Å². The minimum Gasteiger partial charge on any atom is -0.393 e. The SMILES string of the molecule is COC1CNC(C(=O)NC2CC(O)C2)C1. The van der Waals surface area contributed by atoms with Crippen molar-refractivity contribution in [1.82, 2.24) is 10.6 Å². The van der Waals surface area contributed by atoms with Crippen LogP contribution in [0.15, 0.2) is 0 Å². The van der Waals surface area contributed by atoms with Crippen LogP contribution < -0.4 is 10.6 Å². The lowest BCUT2D eigenvalue weighted by atomic mass is 9.89. The van der Waals surface area contributed by atoms with Crippen molar-refractivity contribution in [3.05, 3.63) is 0 Å². The molecule has 2 aliphatic rings. The zero-order valence-corrected chi connectivity index (χ0v) is 8.90. The van der Waals surface area contributed by atoms with Crippen molar-refractivity contribution >= 4 is 5.91 Å². The molecular formula is C10H18N2O3. The molecule has 86 valence electrons. The lowest BCUT2D eigenvalue weighted by molar-refractivity contribution is -0.125. The van der Waals surface area contributed by atoms with Crippen LogP contribution in [0.1, 0.15) is 19.3 Å². The summed E-state index contributed by atoms with van der Waals surface area (Å²) in [4.78, 5) is 11.7. The zero-order chi connectivity index (χ0) is 10.8. The molecule has 1 aliphatic carbocycles. The second kappa shape index (κ2) is 4.47. The summed E-state index contributed by atoms with van der Waals surface area (Å²) in [7, 11) is 1.66. The van der Waals surface area contributed by atoms with Crippen molar-refractivity contribution in [1.29, 1.82) is 0 Å². The first-order chi connectivity index (χ1) is 7.19. The average molecular weight is 214 g/mol. The van der Waals surface area contributed by atoms with E-state index in [1.54, 1.807) is 7.11 Å². The number of carbonyl (C=O) groups is 1. The third-order valence-corrected chi connectivity index (χ3v) is 3.20.